The second-order valence-electron chi connectivity index (χ2n) is 8.79. The summed E-state index contributed by atoms with van der Waals surface area (Å²) in [6, 6.07) is 15.2. The Morgan fingerprint density at radius 1 is 1.09 bits per heavy atom. The highest BCUT2D eigenvalue weighted by atomic mass is 16.5. The molecular weight excluding hydrogens is 428 g/mol. The van der Waals surface area contributed by atoms with E-state index >= 15 is 0 Å². The third-order valence-corrected chi connectivity index (χ3v) is 6.43. The first-order valence-electron chi connectivity index (χ1n) is 11.9. The first-order valence-corrected chi connectivity index (χ1v) is 11.9. The van der Waals surface area contributed by atoms with Crippen LogP contribution < -0.4 is 5.32 Å². The van der Waals surface area contributed by atoms with Gasteiger partial charge >= 0.3 is 5.97 Å². The lowest BCUT2D eigenvalue weighted by atomic mass is 9.81. The highest BCUT2D eigenvalue weighted by Crippen LogP contribution is 2.38. The number of hydrogen-bond acceptors (Lipinski definition) is 4. The van der Waals surface area contributed by atoms with Gasteiger partial charge in [0.1, 0.15) is 0 Å². The molecule has 6 nitrogen and oxygen atoms in total. The van der Waals surface area contributed by atoms with Crippen molar-refractivity contribution < 1.29 is 19.1 Å². The van der Waals surface area contributed by atoms with E-state index in [1.54, 1.807) is 24.0 Å². The molecule has 0 bridgehead atoms. The van der Waals surface area contributed by atoms with Crippen molar-refractivity contribution in [2.75, 3.05) is 6.61 Å². The molecule has 0 saturated heterocycles. The zero-order valence-electron chi connectivity index (χ0n) is 20.7. The number of benzene rings is 2. The zero-order chi connectivity index (χ0) is 24.8. The van der Waals surface area contributed by atoms with Crippen molar-refractivity contribution in [2.45, 2.75) is 66.0 Å². The van der Waals surface area contributed by atoms with Crippen LogP contribution in [0.15, 0.2) is 59.8 Å². The number of carbonyl (C=O) groups excluding carboxylic acids is 3. The Kier molecular flexibility index (Phi) is 8.26. The normalized spacial score (nSPS) is 16.9. The van der Waals surface area contributed by atoms with Gasteiger partial charge in [-0.15, -0.1) is 0 Å². The van der Waals surface area contributed by atoms with E-state index in [0.717, 1.165) is 23.1 Å². The standard InChI is InChI=1S/C28H34N2O4/c1-6-19(4)29-27(32)22-14-12-21(13-15-22)17-30-20(5)26(28(33)34-7-2)24(16-25(30)31)23-11-9-8-10-18(23)3/h8-15,19,24H,6-7,16-17H2,1-5H3,(H,29,32). The molecule has 0 spiro atoms. The molecule has 3 rings (SSSR count). The highest BCUT2D eigenvalue weighted by Gasteiger charge is 2.37. The third-order valence-electron chi connectivity index (χ3n) is 6.43. The number of amides is 2. The number of carbonyl (C=O) groups is 3. The number of hydrogen-bond donors (Lipinski definition) is 1. The SMILES string of the molecule is CCOC(=O)C1=C(C)N(Cc2ccc(C(=O)NC(C)CC)cc2)C(=O)CC1c1ccccc1C. The van der Waals surface area contributed by atoms with Crippen molar-refractivity contribution in [1.29, 1.82) is 0 Å². The Bertz CT molecular complexity index is 1090. The molecule has 2 unspecified atom stereocenters. The van der Waals surface area contributed by atoms with Crippen molar-refractivity contribution in [3.05, 3.63) is 82.1 Å². The summed E-state index contributed by atoms with van der Waals surface area (Å²) in [6.07, 6.45) is 1.06. The predicted molar refractivity (Wildman–Crippen MR) is 132 cm³/mol. The lowest BCUT2D eigenvalue weighted by Crippen LogP contribution is -2.38. The highest BCUT2D eigenvalue weighted by molar-refractivity contribution is 5.96. The Hall–Kier alpha value is -3.41. The number of aryl methyl sites for hydroxylation is 1. The molecule has 180 valence electrons. The van der Waals surface area contributed by atoms with Crippen molar-refractivity contribution in [3.63, 3.8) is 0 Å². The maximum absolute atomic E-state index is 13.2. The molecule has 1 N–H and O–H groups in total. The molecule has 0 radical (unpaired) electrons. The number of esters is 1. The molecule has 0 fully saturated rings. The average Bonchev–Trinajstić information content (AvgIpc) is 2.82. The fraction of sp³-hybridized carbons (Fsp3) is 0.393. The molecule has 1 aliphatic rings. The summed E-state index contributed by atoms with van der Waals surface area (Å²) >= 11 is 0. The van der Waals surface area contributed by atoms with Crippen LogP contribution in [0.25, 0.3) is 0 Å². The minimum atomic E-state index is -0.386. The number of allylic oxidation sites excluding steroid dienone is 1. The summed E-state index contributed by atoms with van der Waals surface area (Å²) in [7, 11) is 0. The summed E-state index contributed by atoms with van der Waals surface area (Å²) in [5.41, 5.74) is 4.60. The van der Waals surface area contributed by atoms with Crippen LogP contribution in [0.4, 0.5) is 0 Å². The van der Waals surface area contributed by atoms with E-state index in [0.29, 0.717) is 23.4 Å². The van der Waals surface area contributed by atoms with Crippen molar-refractivity contribution in [2.24, 2.45) is 0 Å². The maximum Gasteiger partial charge on any atom is 0.336 e. The Balaban J connectivity index is 1.90. The van der Waals surface area contributed by atoms with Gasteiger partial charge in [-0.05, 0) is 62.9 Å². The average molecular weight is 463 g/mol. The summed E-state index contributed by atoms with van der Waals surface area (Å²) < 4.78 is 5.38. The van der Waals surface area contributed by atoms with E-state index in [1.165, 1.54) is 0 Å². The molecule has 0 saturated carbocycles. The molecule has 0 aromatic heterocycles. The van der Waals surface area contributed by atoms with Gasteiger partial charge in [0, 0.05) is 29.6 Å². The van der Waals surface area contributed by atoms with E-state index < -0.39 is 0 Å². The largest absolute Gasteiger partial charge is 0.463 e. The summed E-state index contributed by atoms with van der Waals surface area (Å²) in [4.78, 5) is 40.2. The van der Waals surface area contributed by atoms with Crippen LogP contribution in [-0.2, 0) is 20.9 Å². The minimum absolute atomic E-state index is 0.0441. The van der Waals surface area contributed by atoms with Gasteiger partial charge in [0.2, 0.25) is 5.91 Å². The molecular formula is C28H34N2O4. The van der Waals surface area contributed by atoms with Gasteiger partial charge in [-0.1, -0.05) is 43.3 Å². The fourth-order valence-corrected chi connectivity index (χ4v) is 4.27. The second-order valence-corrected chi connectivity index (χ2v) is 8.79. The van der Waals surface area contributed by atoms with Gasteiger partial charge in [-0.3, -0.25) is 9.59 Å². The van der Waals surface area contributed by atoms with E-state index in [1.807, 2.05) is 64.1 Å². The van der Waals surface area contributed by atoms with Crippen molar-refractivity contribution in [1.82, 2.24) is 10.2 Å². The molecule has 6 heteroatoms. The van der Waals surface area contributed by atoms with Crippen LogP contribution >= 0.6 is 0 Å². The smallest absolute Gasteiger partial charge is 0.336 e. The first-order chi connectivity index (χ1) is 16.3. The number of rotatable bonds is 8. The second kappa shape index (κ2) is 11.1. The summed E-state index contributed by atoms with van der Waals surface area (Å²) in [6.45, 7) is 10.2. The third kappa shape index (κ3) is 5.56. The maximum atomic E-state index is 13.2. The monoisotopic (exact) mass is 462 g/mol. The Morgan fingerprint density at radius 2 is 1.76 bits per heavy atom. The van der Waals surface area contributed by atoms with Gasteiger partial charge in [0.15, 0.2) is 0 Å². The molecule has 2 aromatic rings. The van der Waals surface area contributed by atoms with Crippen LogP contribution in [0.3, 0.4) is 0 Å². The Labute approximate surface area is 202 Å². The van der Waals surface area contributed by atoms with Gasteiger partial charge in [0.25, 0.3) is 5.91 Å². The molecule has 1 heterocycles. The number of nitrogens with one attached hydrogen (secondary N) is 1. The van der Waals surface area contributed by atoms with Crippen LogP contribution in [-0.4, -0.2) is 35.3 Å². The Morgan fingerprint density at radius 3 is 2.38 bits per heavy atom. The molecule has 34 heavy (non-hydrogen) atoms. The molecule has 2 aromatic carbocycles. The van der Waals surface area contributed by atoms with Crippen LogP contribution in [0.5, 0.6) is 0 Å². The van der Waals surface area contributed by atoms with Crippen molar-refractivity contribution >= 4 is 17.8 Å². The number of ether oxygens (including phenoxy) is 1. The fourth-order valence-electron chi connectivity index (χ4n) is 4.27. The lowest BCUT2D eigenvalue weighted by Gasteiger charge is -2.35. The van der Waals surface area contributed by atoms with Gasteiger partial charge in [-0.2, -0.15) is 0 Å². The predicted octanol–water partition coefficient (Wildman–Crippen LogP) is 4.88. The zero-order valence-corrected chi connectivity index (χ0v) is 20.7. The van der Waals surface area contributed by atoms with Gasteiger partial charge in [0.05, 0.1) is 18.7 Å². The first kappa shape index (κ1) is 25.2. The van der Waals surface area contributed by atoms with Crippen LogP contribution in [0.2, 0.25) is 0 Å². The van der Waals surface area contributed by atoms with Crippen LogP contribution in [0.1, 0.15) is 73.5 Å². The van der Waals surface area contributed by atoms with Crippen LogP contribution in [0, 0.1) is 6.92 Å². The topological polar surface area (TPSA) is 75.7 Å². The van der Waals surface area contributed by atoms with Gasteiger partial charge < -0.3 is 15.0 Å². The summed E-state index contributed by atoms with van der Waals surface area (Å²) in [5, 5.41) is 2.95. The summed E-state index contributed by atoms with van der Waals surface area (Å²) in [5.74, 6) is -0.882. The lowest BCUT2D eigenvalue weighted by molar-refractivity contribution is -0.140. The molecule has 1 aliphatic heterocycles. The van der Waals surface area contributed by atoms with E-state index in [2.05, 4.69) is 5.32 Å². The molecule has 2 atom stereocenters. The molecule has 0 aliphatic carbocycles. The molecule has 2 amide bonds. The van der Waals surface area contributed by atoms with Gasteiger partial charge in [-0.25, -0.2) is 4.79 Å². The van der Waals surface area contributed by atoms with Crippen molar-refractivity contribution in [3.8, 4) is 0 Å². The van der Waals surface area contributed by atoms with E-state index in [4.69, 9.17) is 4.74 Å². The van der Waals surface area contributed by atoms with E-state index in [-0.39, 0.29) is 42.8 Å². The van der Waals surface area contributed by atoms with E-state index in [9.17, 15) is 14.4 Å². The minimum Gasteiger partial charge on any atom is -0.463 e. The number of nitrogens with zero attached hydrogens (tertiary/aromatic N) is 1. The quantitative estimate of drug-likeness (QED) is 0.568.